The van der Waals surface area contributed by atoms with E-state index in [4.69, 9.17) is 10.5 Å². The molecule has 0 spiro atoms. The lowest BCUT2D eigenvalue weighted by Gasteiger charge is -2.36. The van der Waals surface area contributed by atoms with Crippen molar-refractivity contribution in [2.24, 2.45) is 17.1 Å². The molecule has 0 aliphatic carbocycles. The Hall–Kier alpha value is 0.170. The maximum atomic E-state index is 5.69. The van der Waals surface area contributed by atoms with Crippen LogP contribution in [0.25, 0.3) is 0 Å². The average Bonchev–Trinajstić information content (AvgIpc) is 2.18. The number of halogens is 1. The molecule has 98 valence electrons. The highest BCUT2D eigenvalue weighted by Gasteiger charge is 2.25. The van der Waals surface area contributed by atoms with Gasteiger partial charge in [-0.1, -0.05) is 13.8 Å². The van der Waals surface area contributed by atoms with Gasteiger partial charge in [-0.3, -0.25) is 0 Å². The minimum atomic E-state index is 0. The molecule has 0 bridgehead atoms. The fourth-order valence-corrected chi connectivity index (χ4v) is 2.42. The van der Waals surface area contributed by atoms with Crippen LogP contribution in [0.3, 0.4) is 0 Å². The van der Waals surface area contributed by atoms with Crippen LogP contribution in [-0.4, -0.2) is 44.8 Å². The number of nitrogens with zero attached hydrogens (tertiary/aromatic N) is 1. The summed E-state index contributed by atoms with van der Waals surface area (Å²) in [5, 5.41) is 0. The Morgan fingerprint density at radius 1 is 1.31 bits per heavy atom. The Kier molecular flexibility index (Phi) is 7.57. The number of piperidine rings is 1. The second-order valence-corrected chi connectivity index (χ2v) is 5.55. The van der Waals surface area contributed by atoms with Gasteiger partial charge in [0, 0.05) is 19.1 Å². The van der Waals surface area contributed by atoms with Crippen LogP contribution in [0.4, 0.5) is 0 Å². The fourth-order valence-electron chi connectivity index (χ4n) is 2.42. The molecule has 0 saturated carbocycles. The highest BCUT2D eigenvalue weighted by atomic mass is 35.5. The lowest BCUT2D eigenvalue weighted by molar-refractivity contribution is 0.0573. The lowest BCUT2D eigenvalue weighted by Crippen LogP contribution is -2.42. The molecule has 0 radical (unpaired) electrons. The van der Waals surface area contributed by atoms with Crippen molar-refractivity contribution in [3.05, 3.63) is 0 Å². The molecule has 0 unspecified atom stereocenters. The number of hydrogen-bond acceptors (Lipinski definition) is 3. The Morgan fingerprint density at radius 3 is 2.31 bits per heavy atom. The summed E-state index contributed by atoms with van der Waals surface area (Å²) in [6.07, 6.45) is 2.53. The van der Waals surface area contributed by atoms with Gasteiger partial charge in [-0.2, -0.15) is 0 Å². The first-order valence-electron chi connectivity index (χ1n) is 5.99. The largest absolute Gasteiger partial charge is 0.384 e. The molecule has 1 aliphatic rings. The molecule has 4 heteroatoms. The van der Waals surface area contributed by atoms with Gasteiger partial charge in [0.25, 0.3) is 0 Å². The van der Waals surface area contributed by atoms with Gasteiger partial charge in [-0.05, 0) is 38.4 Å². The summed E-state index contributed by atoms with van der Waals surface area (Å²) in [7, 11) is 1.78. The first kappa shape index (κ1) is 16.2. The predicted octanol–water partition coefficient (Wildman–Crippen LogP) is 1.75. The highest BCUT2D eigenvalue weighted by Crippen LogP contribution is 2.22. The molecule has 1 saturated heterocycles. The molecule has 2 N–H and O–H groups in total. The normalized spacial score (nSPS) is 19.5. The van der Waals surface area contributed by atoms with E-state index in [1.54, 1.807) is 7.11 Å². The maximum absolute atomic E-state index is 5.69. The van der Waals surface area contributed by atoms with E-state index in [0.717, 1.165) is 25.6 Å². The third-order valence-electron chi connectivity index (χ3n) is 3.23. The fraction of sp³-hybridized carbons (Fsp3) is 1.00. The standard InChI is InChI=1S/C12H26N2O.ClH/c1-12(2,10-15-3)9-14-6-4-11(8-13)5-7-14;/h11H,4-10,13H2,1-3H3;1H. The number of likely N-dealkylation sites (tertiary alicyclic amines) is 1. The maximum Gasteiger partial charge on any atom is 0.0525 e. The topological polar surface area (TPSA) is 38.5 Å². The van der Waals surface area contributed by atoms with Crippen LogP contribution >= 0.6 is 12.4 Å². The van der Waals surface area contributed by atoms with Crippen molar-refractivity contribution in [2.75, 3.05) is 39.9 Å². The molecule has 0 aromatic rings. The smallest absolute Gasteiger partial charge is 0.0525 e. The number of rotatable bonds is 5. The van der Waals surface area contributed by atoms with E-state index in [0.29, 0.717) is 0 Å². The SMILES string of the molecule is COCC(C)(C)CN1CCC(CN)CC1.Cl. The third-order valence-corrected chi connectivity index (χ3v) is 3.23. The highest BCUT2D eigenvalue weighted by molar-refractivity contribution is 5.85. The van der Waals surface area contributed by atoms with Crippen LogP contribution < -0.4 is 5.73 Å². The van der Waals surface area contributed by atoms with Crippen molar-refractivity contribution < 1.29 is 4.74 Å². The Balaban J connectivity index is 0.00000225. The summed E-state index contributed by atoms with van der Waals surface area (Å²) >= 11 is 0. The van der Waals surface area contributed by atoms with Gasteiger partial charge in [0.1, 0.15) is 0 Å². The summed E-state index contributed by atoms with van der Waals surface area (Å²) in [5.41, 5.74) is 5.95. The zero-order valence-corrected chi connectivity index (χ0v) is 11.7. The number of hydrogen-bond donors (Lipinski definition) is 1. The Morgan fingerprint density at radius 2 is 1.88 bits per heavy atom. The van der Waals surface area contributed by atoms with Crippen molar-refractivity contribution >= 4 is 12.4 Å². The first-order valence-corrected chi connectivity index (χ1v) is 5.99. The van der Waals surface area contributed by atoms with E-state index in [1.165, 1.54) is 25.9 Å². The molecule has 0 aromatic carbocycles. The molecule has 1 aliphatic heterocycles. The van der Waals surface area contributed by atoms with Crippen molar-refractivity contribution in [2.45, 2.75) is 26.7 Å². The first-order chi connectivity index (χ1) is 7.07. The molecule has 0 atom stereocenters. The van der Waals surface area contributed by atoms with Gasteiger partial charge in [0.15, 0.2) is 0 Å². The van der Waals surface area contributed by atoms with E-state index in [-0.39, 0.29) is 17.8 Å². The zero-order valence-electron chi connectivity index (χ0n) is 10.9. The molecule has 1 heterocycles. The van der Waals surface area contributed by atoms with Crippen LogP contribution in [0.2, 0.25) is 0 Å². The minimum Gasteiger partial charge on any atom is -0.384 e. The van der Waals surface area contributed by atoms with E-state index in [1.807, 2.05) is 0 Å². The van der Waals surface area contributed by atoms with Crippen LogP contribution in [-0.2, 0) is 4.74 Å². The molecule has 3 nitrogen and oxygen atoms in total. The monoisotopic (exact) mass is 250 g/mol. The van der Waals surface area contributed by atoms with Crippen LogP contribution in [0, 0.1) is 11.3 Å². The van der Waals surface area contributed by atoms with E-state index >= 15 is 0 Å². The summed E-state index contributed by atoms with van der Waals surface area (Å²) < 4.78 is 5.24. The molecular weight excluding hydrogens is 224 g/mol. The second-order valence-electron chi connectivity index (χ2n) is 5.55. The summed E-state index contributed by atoms with van der Waals surface area (Å²) in [6.45, 7) is 9.78. The van der Waals surface area contributed by atoms with Crippen molar-refractivity contribution in [1.82, 2.24) is 4.90 Å². The summed E-state index contributed by atoms with van der Waals surface area (Å²) in [5.74, 6) is 0.756. The van der Waals surface area contributed by atoms with Gasteiger partial charge < -0.3 is 15.4 Å². The van der Waals surface area contributed by atoms with Crippen molar-refractivity contribution in [3.8, 4) is 0 Å². The molecule has 0 amide bonds. The van der Waals surface area contributed by atoms with Crippen LogP contribution in [0.15, 0.2) is 0 Å². The van der Waals surface area contributed by atoms with Crippen LogP contribution in [0.1, 0.15) is 26.7 Å². The van der Waals surface area contributed by atoms with E-state index < -0.39 is 0 Å². The Bertz CT molecular complexity index is 180. The van der Waals surface area contributed by atoms with Gasteiger partial charge >= 0.3 is 0 Å². The average molecular weight is 251 g/mol. The number of nitrogens with two attached hydrogens (primary N) is 1. The van der Waals surface area contributed by atoms with E-state index in [2.05, 4.69) is 18.7 Å². The predicted molar refractivity (Wildman–Crippen MR) is 71.1 cm³/mol. The number of ether oxygens (including phenoxy) is 1. The molecule has 1 rings (SSSR count). The summed E-state index contributed by atoms with van der Waals surface area (Å²) in [4.78, 5) is 2.55. The molecule has 16 heavy (non-hydrogen) atoms. The molecular formula is C12H27ClN2O. The number of methoxy groups -OCH3 is 1. The van der Waals surface area contributed by atoms with Gasteiger partial charge in [-0.25, -0.2) is 0 Å². The lowest BCUT2D eigenvalue weighted by atomic mass is 9.91. The van der Waals surface area contributed by atoms with Gasteiger partial charge in [0.2, 0.25) is 0 Å². The van der Waals surface area contributed by atoms with Gasteiger partial charge in [0.05, 0.1) is 6.61 Å². The van der Waals surface area contributed by atoms with E-state index in [9.17, 15) is 0 Å². The second kappa shape index (κ2) is 7.49. The Labute approximate surface area is 106 Å². The quantitative estimate of drug-likeness (QED) is 0.808. The minimum absolute atomic E-state index is 0. The summed E-state index contributed by atoms with van der Waals surface area (Å²) in [6, 6.07) is 0. The molecule has 1 fully saturated rings. The van der Waals surface area contributed by atoms with Gasteiger partial charge in [-0.15, -0.1) is 12.4 Å². The van der Waals surface area contributed by atoms with Crippen molar-refractivity contribution in [3.63, 3.8) is 0 Å². The third kappa shape index (κ3) is 5.48. The van der Waals surface area contributed by atoms with Crippen LogP contribution in [0.5, 0.6) is 0 Å². The molecule has 0 aromatic heterocycles. The van der Waals surface area contributed by atoms with Crippen molar-refractivity contribution in [1.29, 1.82) is 0 Å². The zero-order chi connectivity index (χ0) is 11.3.